The van der Waals surface area contributed by atoms with Crippen molar-refractivity contribution in [3.05, 3.63) is 34.3 Å². The van der Waals surface area contributed by atoms with E-state index in [-0.39, 0.29) is 12.2 Å². The Bertz CT molecular complexity index is 343. The monoisotopic (exact) mass is 340 g/mol. The van der Waals surface area contributed by atoms with Gasteiger partial charge in [-0.3, -0.25) is 4.79 Å². The molecule has 0 atom stereocenters. The minimum absolute atomic E-state index is 0.167. The number of benzene rings is 1. The number of Topliss-reactive ketones (excluding diaryl/α,β-unsaturated/α-hetero) is 1. The van der Waals surface area contributed by atoms with E-state index >= 15 is 0 Å². The van der Waals surface area contributed by atoms with E-state index in [0.29, 0.717) is 5.56 Å². The zero-order valence-corrected chi connectivity index (χ0v) is 10.8. The van der Waals surface area contributed by atoms with Gasteiger partial charge in [-0.2, -0.15) is 8.78 Å². The predicted octanol–water partition coefficient (Wildman–Crippen LogP) is 4.40. The average molecular weight is 342 g/mol. The highest BCUT2D eigenvalue weighted by Gasteiger charge is 2.24. The van der Waals surface area contributed by atoms with Crippen molar-refractivity contribution < 1.29 is 13.6 Å². The maximum atomic E-state index is 12.4. The first-order chi connectivity index (χ1) is 6.88. The van der Waals surface area contributed by atoms with Crippen molar-refractivity contribution in [1.82, 2.24) is 0 Å². The largest absolute Gasteiger partial charge is 0.301 e. The molecule has 1 rings (SSSR count). The topological polar surface area (TPSA) is 17.1 Å². The van der Waals surface area contributed by atoms with E-state index in [4.69, 9.17) is 0 Å². The summed E-state index contributed by atoms with van der Waals surface area (Å²) in [6.07, 6.45) is -0.651. The van der Waals surface area contributed by atoms with Crippen LogP contribution in [0.25, 0.3) is 0 Å². The molecule has 0 heterocycles. The lowest BCUT2D eigenvalue weighted by Crippen LogP contribution is -2.09. The fraction of sp³-hybridized carbons (Fsp3) is 0.300. The molecule has 1 nitrogen and oxygen atoms in total. The molecule has 1 aromatic rings. The molecular weight excluding hydrogens is 334 g/mol. The van der Waals surface area contributed by atoms with E-state index in [9.17, 15) is 13.6 Å². The van der Waals surface area contributed by atoms with Crippen molar-refractivity contribution in [3.8, 4) is 0 Å². The summed E-state index contributed by atoms with van der Waals surface area (Å²) in [5.74, 6) is -0.276. The molecular formula is C10H8Br2F2O. The van der Waals surface area contributed by atoms with Gasteiger partial charge in [-0.15, -0.1) is 0 Å². The summed E-state index contributed by atoms with van der Waals surface area (Å²) in [5, 5.41) is 0. The third-order valence-electron chi connectivity index (χ3n) is 1.80. The highest BCUT2D eigenvalue weighted by molar-refractivity contribution is 9.10. The lowest BCUT2D eigenvalue weighted by Gasteiger charge is -2.06. The maximum absolute atomic E-state index is 12.4. The minimum atomic E-state index is -2.96. The normalized spacial score (nSPS) is 11.5. The van der Waals surface area contributed by atoms with Gasteiger partial charge in [0.05, 0.1) is 0 Å². The SMILES string of the molecule is O=C(CCC(F)(F)Br)c1ccc(Br)cc1. The summed E-state index contributed by atoms with van der Waals surface area (Å²) >= 11 is 5.42. The van der Waals surface area contributed by atoms with Gasteiger partial charge in [0, 0.05) is 22.9 Å². The van der Waals surface area contributed by atoms with Crippen molar-refractivity contribution in [2.45, 2.75) is 17.7 Å². The second kappa shape index (κ2) is 5.16. The van der Waals surface area contributed by atoms with Gasteiger partial charge in [0.1, 0.15) is 0 Å². The highest BCUT2D eigenvalue weighted by atomic mass is 79.9. The summed E-state index contributed by atoms with van der Waals surface area (Å²) in [7, 11) is 0. The number of hydrogen-bond acceptors (Lipinski definition) is 1. The van der Waals surface area contributed by atoms with Crippen LogP contribution in [0.15, 0.2) is 28.7 Å². The molecule has 0 N–H and O–H groups in total. The van der Waals surface area contributed by atoms with Crippen LogP contribution in [0.4, 0.5) is 8.78 Å². The molecule has 0 aliphatic rings. The molecule has 1 aromatic carbocycles. The Kier molecular flexibility index (Phi) is 4.40. The van der Waals surface area contributed by atoms with Gasteiger partial charge in [0.2, 0.25) is 0 Å². The molecule has 0 aliphatic heterocycles. The number of carbonyl (C=O) groups excluding carboxylic acids is 1. The summed E-state index contributed by atoms with van der Waals surface area (Å²) in [6.45, 7) is 0. The molecule has 0 saturated heterocycles. The molecule has 0 spiro atoms. The molecule has 0 saturated carbocycles. The van der Waals surface area contributed by atoms with Gasteiger partial charge in [0.15, 0.2) is 5.78 Å². The Morgan fingerprint density at radius 3 is 2.27 bits per heavy atom. The van der Waals surface area contributed by atoms with Crippen molar-refractivity contribution in [1.29, 1.82) is 0 Å². The van der Waals surface area contributed by atoms with Gasteiger partial charge >= 0.3 is 4.83 Å². The van der Waals surface area contributed by atoms with E-state index < -0.39 is 11.3 Å². The molecule has 82 valence electrons. The zero-order chi connectivity index (χ0) is 11.5. The Morgan fingerprint density at radius 1 is 1.27 bits per heavy atom. The zero-order valence-electron chi connectivity index (χ0n) is 7.64. The van der Waals surface area contributed by atoms with E-state index in [1.165, 1.54) is 0 Å². The fourth-order valence-electron chi connectivity index (χ4n) is 1.04. The van der Waals surface area contributed by atoms with Crippen LogP contribution in [0.5, 0.6) is 0 Å². The standard InChI is InChI=1S/C10H8Br2F2O/c11-8-3-1-7(2-4-8)9(15)5-6-10(12,13)14/h1-4H,5-6H2. The summed E-state index contributed by atoms with van der Waals surface area (Å²) < 4.78 is 25.7. The molecule has 15 heavy (non-hydrogen) atoms. The van der Waals surface area contributed by atoms with Crippen LogP contribution < -0.4 is 0 Å². The number of halogens is 4. The second-order valence-corrected chi connectivity index (χ2v) is 5.12. The van der Waals surface area contributed by atoms with Gasteiger partial charge < -0.3 is 0 Å². The molecule has 5 heteroatoms. The summed E-state index contributed by atoms with van der Waals surface area (Å²) in [6, 6.07) is 6.64. The smallest absolute Gasteiger partial charge is 0.294 e. The van der Waals surface area contributed by atoms with E-state index in [2.05, 4.69) is 31.9 Å². The van der Waals surface area contributed by atoms with Crippen molar-refractivity contribution >= 4 is 37.6 Å². The third-order valence-corrected chi connectivity index (χ3v) is 2.73. The molecule has 0 unspecified atom stereocenters. The maximum Gasteiger partial charge on any atom is 0.301 e. The van der Waals surface area contributed by atoms with Crippen LogP contribution >= 0.6 is 31.9 Å². The van der Waals surface area contributed by atoms with Crippen molar-refractivity contribution in [2.75, 3.05) is 0 Å². The van der Waals surface area contributed by atoms with Gasteiger partial charge in [-0.05, 0) is 28.1 Å². The van der Waals surface area contributed by atoms with Gasteiger partial charge in [-0.25, -0.2) is 0 Å². The second-order valence-electron chi connectivity index (χ2n) is 3.05. The highest BCUT2D eigenvalue weighted by Crippen LogP contribution is 2.28. The Hall–Kier alpha value is -0.290. The number of hydrogen-bond donors (Lipinski definition) is 0. The molecule has 0 radical (unpaired) electrons. The van der Waals surface area contributed by atoms with Crippen LogP contribution in [0.3, 0.4) is 0 Å². The predicted molar refractivity (Wildman–Crippen MR) is 61.6 cm³/mol. The number of carbonyl (C=O) groups is 1. The molecule has 0 bridgehead atoms. The van der Waals surface area contributed by atoms with Crippen LogP contribution in [0.1, 0.15) is 23.2 Å². The minimum Gasteiger partial charge on any atom is -0.294 e. The quantitative estimate of drug-likeness (QED) is 0.586. The fourth-order valence-corrected chi connectivity index (χ4v) is 1.50. The number of ketones is 1. The average Bonchev–Trinajstić information content (AvgIpc) is 2.14. The Balaban J connectivity index is 2.58. The van der Waals surface area contributed by atoms with E-state index in [1.54, 1.807) is 24.3 Å². The molecule has 0 aliphatic carbocycles. The van der Waals surface area contributed by atoms with Crippen molar-refractivity contribution in [2.24, 2.45) is 0 Å². The Morgan fingerprint density at radius 2 is 1.80 bits per heavy atom. The first-order valence-electron chi connectivity index (χ1n) is 4.24. The van der Waals surface area contributed by atoms with E-state index in [0.717, 1.165) is 4.47 Å². The van der Waals surface area contributed by atoms with E-state index in [1.807, 2.05) is 0 Å². The first-order valence-corrected chi connectivity index (χ1v) is 5.82. The number of alkyl halides is 3. The molecule has 0 amide bonds. The van der Waals surface area contributed by atoms with Crippen LogP contribution in [-0.4, -0.2) is 10.6 Å². The molecule has 0 fully saturated rings. The van der Waals surface area contributed by atoms with Crippen LogP contribution in [0.2, 0.25) is 0 Å². The lowest BCUT2D eigenvalue weighted by molar-refractivity contribution is 0.0827. The third kappa shape index (κ3) is 4.84. The van der Waals surface area contributed by atoms with Crippen LogP contribution in [0, 0.1) is 0 Å². The number of rotatable bonds is 4. The molecule has 0 aromatic heterocycles. The lowest BCUT2D eigenvalue weighted by atomic mass is 10.1. The summed E-state index contributed by atoms with van der Waals surface area (Å²) in [4.78, 5) is 8.47. The van der Waals surface area contributed by atoms with Crippen LogP contribution in [-0.2, 0) is 0 Å². The van der Waals surface area contributed by atoms with Gasteiger partial charge in [-0.1, -0.05) is 28.1 Å². The first kappa shape index (κ1) is 12.8. The summed E-state index contributed by atoms with van der Waals surface area (Å²) in [5.41, 5.74) is 0.454. The van der Waals surface area contributed by atoms with Gasteiger partial charge in [0.25, 0.3) is 0 Å². The van der Waals surface area contributed by atoms with Crippen molar-refractivity contribution in [3.63, 3.8) is 0 Å². The Labute approximate surface area is 103 Å².